The number of likely N-dealkylation sites (tertiary alicyclic amines) is 1. The number of amides is 3. The second-order valence-corrected chi connectivity index (χ2v) is 6.35. The maximum atomic E-state index is 12.3. The van der Waals surface area contributed by atoms with Crippen molar-refractivity contribution in [2.75, 3.05) is 11.9 Å². The molecule has 0 aromatic heterocycles. The number of anilines is 1. The summed E-state index contributed by atoms with van der Waals surface area (Å²) in [4.78, 5) is 37.8. The highest BCUT2D eigenvalue weighted by Gasteiger charge is 2.46. The zero-order valence-electron chi connectivity index (χ0n) is 14.2. The fraction of sp³-hybridized carbons (Fsp3) is 0.389. The van der Waals surface area contributed by atoms with Crippen LogP contribution in [0.1, 0.15) is 19.3 Å². The number of hydrogen-bond donors (Lipinski definition) is 1. The number of allylic oxidation sites excluding steroid dienone is 2. The minimum atomic E-state index is -4.79. The van der Waals surface area contributed by atoms with E-state index < -0.39 is 18.0 Å². The molecule has 144 valence electrons. The molecule has 1 heterocycles. The summed E-state index contributed by atoms with van der Waals surface area (Å²) in [6, 6.07) is 4.69. The standard InChI is InChI=1S/C18H17F3N2O4/c19-18(20,21)27-12-7-5-11(6-8-12)22-15(24)9-10-23-16(25)13-3-1-2-4-14(13)17(23)26/h1-2,5-8,13-14H,3-4,9-10H2,(H,22,24)/t13-,14-/m0/s1. The van der Waals surface area contributed by atoms with E-state index in [4.69, 9.17) is 0 Å². The van der Waals surface area contributed by atoms with E-state index in [1.54, 1.807) is 0 Å². The third-order valence-electron chi connectivity index (χ3n) is 4.53. The molecule has 1 saturated heterocycles. The van der Waals surface area contributed by atoms with Gasteiger partial charge in [0.1, 0.15) is 5.75 Å². The highest BCUT2D eigenvalue weighted by atomic mass is 19.4. The number of nitrogens with one attached hydrogen (secondary N) is 1. The number of imide groups is 1. The average Bonchev–Trinajstić information content (AvgIpc) is 2.85. The predicted octanol–water partition coefficient (Wildman–Crippen LogP) is 2.87. The Hall–Kier alpha value is -2.84. The van der Waals surface area contributed by atoms with Crippen LogP contribution in [0.15, 0.2) is 36.4 Å². The zero-order chi connectivity index (χ0) is 19.6. The van der Waals surface area contributed by atoms with Gasteiger partial charge < -0.3 is 10.1 Å². The summed E-state index contributed by atoms with van der Waals surface area (Å²) in [5.74, 6) is -2.04. The number of halogens is 3. The summed E-state index contributed by atoms with van der Waals surface area (Å²) in [7, 11) is 0. The van der Waals surface area contributed by atoms with Crippen molar-refractivity contribution in [1.29, 1.82) is 0 Å². The highest BCUT2D eigenvalue weighted by Crippen LogP contribution is 2.35. The lowest BCUT2D eigenvalue weighted by Gasteiger charge is -2.14. The molecule has 9 heteroatoms. The molecule has 1 fully saturated rings. The van der Waals surface area contributed by atoms with Gasteiger partial charge in [0.25, 0.3) is 0 Å². The molecule has 0 saturated carbocycles. The van der Waals surface area contributed by atoms with E-state index >= 15 is 0 Å². The van der Waals surface area contributed by atoms with Gasteiger partial charge in [-0.15, -0.1) is 13.2 Å². The first-order valence-corrected chi connectivity index (χ1v) is 8.40. The van der Waals surface area contributed by atoms with Gasteiger partial charge >= 0.3 is 6.36 Å². The zero-order valence-corrected chi connectivity index (χ0v) is 14.2. The Balaban J connectivity index is 1.51. The molecule has 0 radical (unpaired) electrons. The van der Waals surface area contributed by atoms with Crippen LogP contribution in [0.2, 0.25) is 0 Å². The van der Waals surface area contributed by atoms with Gasteiger partial charge in [-0.3, -0.25) is 19.3 Å². The van der Waals surface area contributed by atoms with Crippen LogP contribution in [0.3, 0.4) is 0 Å². The largest absolute Gasteiger partial charge is 0.573 e. The number of benzene rings is 1. The van der Waals surface area contributed by atoms with Gasteiger partial charge in [0.05, 0.1) is 11.8 Å². The number of alkyl halides is 3. The molecule has 1 aliphatic carbocycles. The number of hydrogen-bond acceptors (Lipinski definition) is 4. The van der Waals surface area contributed by atoms with Crippen LogP contribution in [0.4, 0.5) is 18.9 Å². The third-order valence-corrected chi connectivity index (χ3v) is 4.53. The van der Waals surface area contributed by atoms with Gasteiger partial charge in [0.2, 0.25) is 17.7 Å². The molecule has 1 aliphatic heterocycles. The van der Waals surface area contributed by atoms with Crippen LogP contribution in [-0.4, -0.2) is 35.5 Å². The van der Waals surface area contributed by atoms with Crippen molar-refractivity contribution in [3.8, 4) is 5.75 Å². The Morgan fingerprint density at radius 1 is 1.07 bits per heavy atom. The van der Waals surface area contributed by atoms with Gasteiger partial charge in [-0.2, -0.15) is 0 Å². The first-order chi connectivity index (χ1) is 12.7. The molecule has 3 rings (SSSR count). The lowest BCUT2D eigenvalue weighted by atomic mass is 9.85. The van der Waals surface area contributed by atoms with Crippen LogP contribution in [0.5, 0.6) is 5.75 Å². The van der Waals surface area contributed by atoms with Gasteiger partial charge in [-0.05, 0) is 37.1 Å². The van der Waals surface area contributed by atoms with E-state index in [1.165, 1.54) is 12.1 Å². The van der Waals surface area contributed by atoms with E-state index in [-0.39, 0.29) is 42.3 Å². The maximum Gasteiger partial charge on any atom is 0.573 e. The Labute approximate surface area is 153 Å². The minimum absolute atomic E-state index is 0.0221. The Bertz CT molecular complexity index is 748. The smallest absolute Gasteiger partial charge is 0.406 e. The van der Waals surface area contributed by atoms with Crippen LogP contribution >= 0.6 is 0 Å². The topological polar surface area (TPSA) is 75.7 Å². The fourth-order valence-corrected chi connectivity index (χ4v) is 3.27. The number of ether oxygens (including phenoxy) is 1. The van der Waals surface area contributed by atoms with E-state index in [2.05, 4.69) is 10.1 Å². The van der Waals surface area contributed by atoms with Gasteiger partial charge in [-0.1, -0.05) is 12.2 Å². The van der Waals surface area contributed by atoms with E-state index in [0.29, 0.717) is 12.8 Å². The van der Waals surface area contributed by atoms with Gasteiger partial charge in [0.15, 0.2) is 0 Å². The van der Waals surface area contributed by atoms with Crippen LogP contribution < -0.4 is 10.1 Å². The fourth-order valence-electron chi connectivity index (χ4n) is 3.27. The molecule has 3 amide bonds. The summed E-state index contributed by atoms with van der Waals surface area (Å²) >= 11 is 0. The second-order valence-electron chi connectivity index (χ2n) is 6.35. The molecule has 6 nitrogen and oxygen atoms in total. The highest BCUT2D eigenvalue weighted by molar-refractivity contribution is 6.05. The van der Waals surface area contributed by atoms with Crippen molar-refractivity contribution < 1.29 is 32.3 Å². The average molecular weight is 382 g/mol. The van der Waals surface area contributed by atoms with Crippen molar-refractivity contribution in [2.45, 2.75) is 25.6 Å². The maximum absolute atomic E-state index is 12.3. The first kappa shape index (κ1) is 18.9. The normalized spacial score (nSPS) is 22.0. The molecule has 2 atom stereocenters. The van der Waals surface area contributed by atoms with Crippen LogP contribution in [0, 0.1) is 11.8 Å². The summed E-state index contributed by atoms with van der Waals surface area (Å²) in [6.07, 6.45) is -0.0462. The quantitative estimate of drug-likeness (QED) is 0.628. The Morgan fingerprint density at radius 3 is 2.15 bits per heavy atom. The Morgan fingerprint density at radius 2 is 1.63 bits per heavy atom. The molecular weight excluding hydrogens is 365 g/mol. The second kappa shape index (κ2) is 7.42. The summed E-state index contributed by atoms with van der Waals surface area (Å²) < 4.78 is 40.1. The lowest BCUT2D eigenvalue weighted by molar-refractivity contribution is -0.274. The van der Waals surface area contributed by atoms with Crippen LogP contribution in [-0.2, 0) is 14.4 Å². The van der Waals surface area contributed by atoms with Gasteiger partial charge in [0, 0.05) is 18.7 Å². The van der Waals surface area contributed by atoms with Crippen LogP contribution in [0.25, 0.3) is 0 Å². The van der Waals surface area contributed by atoms with Crippen molar-refractivity contribution in [2.24, 2.45) is 11.8 Å². The van der Waals surface area contributed by atoms with E-state index in [1.807, 2.05) is 12.2 Å². The summed E-state index contributed by atoms with van der Waals surface area (Å²) in [5.41, 5.74) is 0.284. The molecule has 0 bridgehead atoms. The molecule has 1 aromatic rings. The third kappa shape index (κ3) is 4.47. The molecule has 1 aromatic carbocycles. The molecule has 27 heavy (non-hydrogen) atoms. The molecule has 0 spiro atoms. The van der Waals surface area contributed by atoms with Crippen molar-refractivity contribution in [1.82, 2.24) is 4.90 Å². The first-order valence-electron chi connectivity index (χ1n) is 8.40. The predicted molar refractivity (Wildman–Crippen MR) is 88.4 cm³/mol. The molecule has 0 unspecified atom stereocenters. The number of rotatable bonds is 5. The Kier molecular flexibility index (Phi) is 5.20. The number of carbonyl (C=O) groups is 3. The van der Waals surface area contributed by atoms with Crippen molar-refractivity contribution >= 4 is 23.4 Å². The molecule has 1 N–H and O–H groups in total. The summed E-state index contributed by atoms with van der Waals surface area (Å²) in [5, 5.41) is 2.51. The van der Waals surface area contributed by atoms with Crippen molar-refractivity contribution in [3.05, 3.63) is 36.4 Å². The number of carbonyl (C=O) groups excluding carboxylic acids is 3. The number of fused-ring (bicyclic) bond motifs is 1. The molecule has 2 aliphatic rings. The number of nitrogens with zero attached hydrogens (tertiary/aromatic N) is 1. The van der Waals surface area contributed by atoms with E-state index in [9.17, 15) is 27.6 Å². The molecular formula is C18H17F3N2O4. The monoisotopic (exact) mass is 382 g/mol. The van der Waals surface area contributed by atoms with Gasteiger partial charge in [-0.25, -0.2) is 0 Å². The van der Waals surface area contributed by atoms with Crippen molar-refractivity contribution in [3.63, 3.8) is 0 Å². The SMILES string of the molecule is O=C(CCN1C(=O)[C@H]2CC=CC[C@@H]2C1=O)Nc1ccc(OC(F)(F)F)cc1. The summed E-state index contributed by atoms with van der Waals surface area (Å²) in [6.45, 7) is -0.0221. The lowest BCUT2D eigenvalue weighted by Crippen LogP contribution is -2.34. The minimum Gasteiger partial charge on any atom is -0.406 e. The van der Waals surface area contributed by atoms with E-state index in [0.717, 1.165) is 17.0 Å².